The van der Waals surface area contributed by atoms with Crippen LogP contribution in [-0.2, 0) is 6.42 Å². The Morgan fingerprint density at radius 3 is 2.45 bits per heavy atom. The molecule has 1 saturated carbocycles. The average Bonchev–Trinajstić information content (AvgIpc) is 2.83. The van der Waals surface area contributed by atoms with Gasteiger partial charge in [-0.2, -0.15) is 0 Å². The van der Waals surface area contributed by atoms with E-state index in [9.17, 15) is 0 Å². The molecule has 2 heteroatoms. The maximum Gasteiger partial charge on any atom is 0.0313 e. The number of hydrogen-bond donors (Lipinski definition) is 1. The van der Waals surface area contributed by atoms with Gasteiger partial charge in [-0.25, -0.2) is 0 Å². The molecule has 1 aliphatic heterocycles. The third-order valence-electron chi connectivity index (χ3n) is 4.87. The fraction of sp³-hybridized carbons (Fsp3) is 0.667. The van der Waals surface area contributed by atoms with Crippen molar-refractivity contribution in [3.8, 4) is 0 Å². The maximum absolute atomic E-state index is 3.95. The van der Waals surface area contributed by atoms with Crippen molar-refractivity contribution in [3.05, 3.63) is 35.9 Å². The Morgan fingerprint density at radius 1 is 1.05 bits per heavy atom. The highest BCUT2D eigenvalue weighted by molar-refractivity contribution is 5.15. The highest BCUT2D eigenvalue weighted by atomic mass is 15.3. The van der Waals surface area contributed by atoms with E-state index in [-0.39, 0.29) is 5.54 Å². The minimum absolute atomic E-state index is 0.249. The van der Waals surface area contributed by atoms with Crippen LogP contribution < -0.4 is 5.32 Å². The Labute approximate surface area is 123 Å². The third kappa shape index (κ3) is 3.24. The van der Waals surface area contributed by atoms with Crippen molar-refractivity contribution in [3.63, 3.8) is 0 Å². The predicted molar refractivity (Wildman–Crippen MR) is 85.0 cm³/mol. The molecule has 1 aliphatic carbocycles. The van der Waals surface area contributed by atoms with E-state index in [4.69, 9.17) is 0 Å². The second kappa shape index (κ2) is 5.50. The second-order valence-electron chi connectivity index (χ2n) is 7.44. The van der Waals surface area contributed by atoms with E-state index in [1.165, 1.54) is 57.3 Å². The van der Waals surface area contributed by atoms with Crippen LogP contribution in [0.2, 0.25) is 0 Å². The highest BCUT2D eigenvalue weighted by Crippen LogP contribution is 2.35. The van der Waals surface area contributed by atoms with Gasteiger partial charge in [0, 0.05) is 30.7 Å². The molecule has 1 N–H and O–H groups in total. The summed E-state index contributed by atoms with van der Waals surface area (Å²) in [5, 5.41) is 3.95. The van der Waals surface area contributed by atoms with E-state index in [0.29, 0.717) is 5.54 Å². The first kappa shape index (κ1) is 14.1. The lowest BCUT2D eigenvalue weighted by atomic mass is 9.87. The summed E-state index contributed by atoms with van der Waals surface area (Å²) in [7, 11) is 0. The lowest BCUT2D eigenvalue weighted by Gasteiger charge is -2.50. The van der Waals surface area contributed by atoms with Crippen LogP contribution in [0.25, 0.3) is 0 Å². The lowest BCUT2D eigenvalue weighted by molar-refractivity contribution is 0.0632. The van der Waals surface area contributed by atoms with Gasteiger partial charge in [-0.05, 0) is 38.7 Å². The minimum atomic E-state index is 0.249. The van der Waals surface area contributed by atoms with Crippen molar-refractivity contribution >= 4 is 0 Å². The molecule has 1 aromatic rings. The van der Waals surface area contributed by atoms with E-state index in [1.54, 1.807) is 0 Å². The van der Waals surface area contributed by atoms with Gasteiger partial charge in [0.25, 0.3) is 0 Å². The average molecular weight is 272 g/mol. The monoisotopic (exact) mass is 272 g/mol. The molecule has 2 nitrogen and oxygen atoms in total. The summed E-state index contributed by atoms with van der Waals surface area (Å²) in [6.07, 6.45) is 6.69. The van der Waals surface area contributed by atoms with Gasteiger partial charge in [-0.3, -0.25) is 4.90 Å². The van der Waals surface area contributed by atoms with Gasteiger partial charge in [0.1, 0.15) is 0 Å². The molecule has 0 bridgehead atoms. The summed E-state index contributed by atoms with van der Waals surface area (Å²) in [4.78, 5) is 2.69. The summed E-state index contributed by atoms with van der Waals surface area (Å²) < 4.78 is 0. The first-order valence-electron chi connectivity index (χ1n) is 8.13. The van der Waals surface area contributed by atoms with Crippen LogP contribution >= 0.6 is 0 Å². The molecule has 1 heterocycles. The van der Waals surface area contributed by atoms with Crippen LogP contribution in [0.5, 0.6) is 0 Å². The summed E-state index contributed by atoms with van der Waals surface area (Å²) in [6.45, 7) is 8.32. The molecular weight excluding hydrogens is 244 g/mol. The number of nitrogens with one attached hydrogen (secondary N) is 1. The quantitative estimate of drug-likeness (QED) is 0.909. The van der Waals surface area contributed by atoms with E-state index in [0.717, 1.165) is 0 Å². The highest BCUT2D eigenvalue weighted by Gasteiger charge is 2.43. The Kier molecular flexibility index (Phi) is 3.87. The van der Waals surface area contributed by atoms with Gasteiger partial charge in [0.2, 0.25) is 0 Å². The molecule has 110 valence electrons. The van der Waals surface area contributed by atoms with Gasteiger partial charge in [0.05, 0.1) is 0 Å². The molecule has 0 radical (unpaired) electrons. The minimum Gasteiger partial charge on any atom is -0.304 e. The summed E-state index contributed by atoms with van der Waals surface area (Å²) in [5.41, 5.74) is 2.11. The molecule has 0 aromatic heterocycles. The van der Waals surface area contributed by atoms with Crippen LogP contribution in [0.1, 0.15) is 45.1 Å². The number of rotatable bonds is 3. The lowest BCUT2D eigenvalue weighted by Crippen LogP contribution is -2.68. The zero-order chi connectivity index (χ0) is 14.1. The summed E-state index contributed by atoms with van der Waals surface area (Å²) in [5.74, 6) is 0. The van der Waals surface area contributed by atoms with Crippen molar-refractivity contribution in [1.82, 2.24) is 10.2 Å². The Morgan fingerprint density at radius 2 is 1.75 bits per heavy atom. The van der Waals surface area contributed by atoms with Crippen molar-refractivity contribution in [2.45, 2.75) is 57.0 Å². The second-order valence-corrected chi connectivity index (χ2v) is 7.44. The fourth-order valence-electron chi connectivity index (χ4n) is 4.26. The molecule has 2 aliphatic rings. The first-order chi connectivity index (χ1) is 9.57. The smallest absolute Gasteiger partial charge is 0.0313 e. The maximum atomic E-state index is 3.95. The van der Waals surface area contributed by atoms with E-state index < -0.39 is 0 Å². The third-order valence-corrected chi connectivity index (χ3v) is 4.87. The van der Waals surface area contributed by atoms with Crippen molar-refractivity contribution in [2.24, 2.45) is 0 Å². The molecule has 2 fully saturated rings. The SMILES string of the molecule is CC1(C)CN(CCc2ccccc2)CC2(CCCC2)N1. The van der Waals surface area contributed by atoms with Crippen LogP contribution in [-0.4, -0.2) is 35.6 Å². The Balaban J connectivity index is 1.63. The van der Waals surface area contributed by atoms with E-state index in [2.05, 4.69) is 54.4 Å². The molecule has 0 amide bonds. The molecule has 20 heavy (non-hydrogen) atoms. The van der Waals surface area contributed by atoms with Crippen LogP contribution in [0.4, 0.5) is 0 Å². The van der Waals surface area contributed by atoms with E-state index >= 15 is 0 Å². The molecule has 3 rings (SSSR count). The molecule has 1 spiro atoms. The zero-order valence-corrected chi connectivity index (χ0v) is 13.0. The molecule has 1 saturated heterocycles. The largest absolute Gasteiger partial charge is 0.304 e. The van der Waals surface area contributed by atoms with Gasteiger partial charge < -0.3 is 5.32 Å². The predicted octanol–water partition coefficient (Wildman–Crippen LogP) is 3.23. The standard InChI is InChI=1S/C18H28N2/c1-17(2)14-20(13-10-16-8-4-3-5-9-16)15-18(19-17)11-6-7-12-18/h3-5,8-9,19H,6-7,10-15H2,1-2H3. The van der Waals surface area contributed by atoms with Crippen LogP contribution in [0, 0.1) is 0 Å². The zero-order valence-electron chi connectivity index (χ0n) is 13.0. The number of benzene rings is 1. The summed E-state index contributed by atoms with van der Waals surface area (Å²) >= 11 is 0. The Bertz CT molecular complexity index is 432. The van der Waals surface area contributed by atoms with Gasteiger partial charge in [-0.15, -0.1) is 0 Å². The molecule has 0 atom stereocenters. The van der Waals surface area contributed by atoms with Crippen molar-refractivity contribution in [2.75, 3.05) is 19.6 Å². The van der Waals surface area contributed by atoms with Crippen LogP contribution in [0.3, 0.4) is 0 Å². The van der Waals surface area contributed by atoms with Gasteiger partial charge in [0.15, 0.2) is 0 Å². The molecular formula is C18H28N2. The van der Waals surface area contributed by atoms with E-state index in [1.807, 2.05) is 0 Å². The molecule has 1 aromatic carbocycles. The summed E-state index contributed by atoms with van der Waals surface area (Å²) in [6, 6.07) is 10.9. The normalized spacial score (nSPS) is 25.1. The fourth-order valence-corrected chi connectivity index (χ4v) is 4.26. The topological polar surface area (TPSA) is 15.3 Å². The molecule has 0 unspecified atom stereocenters. The van der Waals surface area contributed by atoms with Crippen molar-refractivity contribution < 1.29 is 0 Å². The van der Waals surface area contributed by atoms with Gasteiger partial charge in [-0.1, -0.05) is 43.2 Å². The number of piperazine rings is 1. The van der Waals surface area contributed by atoms with Crippen molar-refractivity contribution in [1.29, 1.82) is 0 Å². The first-order valence-corrected chi connectivity index (χ1v) is 8.13. The van der Waals surface area contributed by atoms with Crippen LogP contribution in [0.15, 0.2) is 30.3 Å². The Hall–Kier alpha value is -0.860. The number of nitrogens with zero attached hydrogens (tertiary/aromatic N) is 1. The number of hydrogen-bond acceptors (Lipinski definition) is 2. The van der Waals surface area contributed by atoms with Gasteiger partial charge >= 0.3 is 0 Å².